The van der Waals surface area contributed by atoms with E-state index in [0.29, 0.717) is 0 Å². The van der Waals surface area contributed by atoms with Gasteiger partial charge in [0.15, 0.2) is 0 Å². The van der Waals surface area contributed by atoms with E-state index in [9.17, 15) is 0 Å². The maximum Gasteiger partial charge on any atom is 0.0830 e. The summed E-state index contributed by atoms with van der Waals surface area (Å²) in [5, 5.41) is 0. The third kappa shape index (κ3) is 5.70. The molecular weight excluding hydrogens is 200 g/mol. The summed E-state index contributed by atoms with van der Waals surface area (Å²) in [6.07, 6.45) is 14.1. The summed E-state index contributed by atoms with van der Waals surface area (Å²) in [4.78, 5) is 0. The highest BCUT2D eigenvalue weighted by Crippen LogP contribution is 2.14. The number of rotatable bonds is 7. The average Bonchev–Trinajstić information content (AvgIpc) is 2.30. The second-order valence-corrected chi connectivity index (χ2v) is 2.79. The molecule has 0 radical (unpaired) electrons. The molecule has 0 unspecified atom stereocenters. The van der Waals surface area contributed by atoms with Crippen LogP contribution in [0.1, 0.15) is 0 Å². The van der Waals surface area contributed by atoms with Gasteiger partial charge in [0.1, 0.15) is 0 Å². The van der Waals surface area contributed by atoms with Crippen LogP contribution >= 0.6 is 0 Å². The molecule has 0 bridgehead atoms. The van der Waals surface area contributed by atoms with E-state index in [1.54, 1.807) is 38.9 Å². The first-order chi connectivity index (χ1) is 7.79. The van der Waals surface area contributed by atoms with Gasteiger partial charge >= 0.3 is 0 Å². The van der Waals surface area contributed by atoms with Crippen LogP contribution in [-0.4, -0.2) is 14.2 Å². The molecule has 0 aromatic carbocycles. The van der Waals surface area contributed by atoms with Crippen LogP contribution in [0.2, 0.25) is 0 Å². The Balaban J connectivity index is 5.10. The molecule has 0 aromatic heterocycles. The van der Waals surface area contributed by atoms with Crippen molar-refractivity contribution in [2.45, 2.75) is 0 Å². The minimum Gasteiger partial charge on any atom is -0.504 e. The maximum absolute atomic E-state index is 4.89. The predicted octanol–water partition coefficient (Wildman–Crippen LogP) is 3.53. The molecule has 0 saturated heterocycles. The van der Waals surface area contributed by atoms with Gasteiger partial charge in [0, 0.05) is 0 Å². The number of hydrogen-bond acceptors (Lipinski definition) is 2. The summed E-state index contributed by atoms with van der Waals surface area (Å²) in [6.45, 7) is 7.34. The molecule has 0 aliphatic rings. The fourth-order valence-electron chi connectivity index (χ4n) is 1.03. The quantitative estimate of drug-likeness (QED) is 0.480. The first-order valence-corrected chi connectivity index (χ1v) is 4.84. The van der Waals surface area contributed by atoms with Crippen molar-refractivity contribution in [2.75, 3.05) is 14.2 Å². The second-order valence-electron chi connectivity index (χ2n) is 2.79. The van der Waals surface area contributed by atoms with Gasteiger partial charge in [-0.25, -0.2) is 0 Å². The van der Waals surface area contributed by atoms with Gasteiger partial charge in [0.25, 0.3) is 0 Å². The Hall–Kier alpha value is -1.96. The SMILES string of the molecule is C=CC=C(/C=C\OC)C(/C=C\OC)=C/C=C. The van der Waals surface area contributed by atoms with Gasteiger partial charge < -0.3 is 9.47 Å². The van der Waals surface area contributed by atoms with Gasteiger partial charge in [-0.15, -0.1) is 0 Å². The lowest BCUT2D eigenvalue weighted by molar-refractivity contribution is 0.337. The van der Waals surface area contributed by atoms with E-state index in [0.717, 1.165) is 11.1 Å². The highest BCUT2D eigenvalue weighted by molar-refractivity contribution is 5.48. The fraction of sp³-hybridized carbons (Fsp3) is 0.143. The van der Waals surface area contributed by atoms with E-state index in [-0.39, 0.29) is 0 Å². The topological polar surface area (TPSA) is 18.5 Å². The lowest BCUT2D eigenvalue weighted by Crippen LogP contribution is -1.84. The number of allylic oxidation sites excluding steroid dienone is 8. The Morgan fingerprint density at radius 1 is 0.812 bits per heavy atom. The summed E-state index contributed by atoms with van der Waals surface area (Å²) in [6, 6.07) is 0. The molecule has 0 aliphatic carbocycles. The molecule has 0 amide bonds. The first kappa shape index (κ1) is 14.0. The predicted molar refractivity (Wildman–Crippen MR) is 68.9 cm³/mol. The van der Waals surface area contributed by atoms with Crippen molar-refractivity contribution in [2.24, 2.45) is 0 Å². The zero-order chi connectivity index (χ0) is 12.2. The van der Waals surface area contributed by atoms with Crippen LogP contribution in [0.4, 0.5) is 0 Å². The van der Waals surface area contributed by atoms with Crippen LogP contribution in [-0.2, 0) is 9.47 Å². The molecule has 2 heteroatoms. The van der Waals surface area contributed by atoms with Crippen molar-refractivity contribution in [1.82, 2.24) is 0 Å². The summed E-state index contributed by atoms with van der Waals surface area (Å²) >= 11 is 0. The van der Waals surface area contributed by atoms with Gasteiger partial charge in [-0.05, 0) is 23.3 Å². The number of hydrogen-bond donors (Lipinski definition) is 0. The van der Waals surface area contributed by atoms with Gasteiger partial charge in [-0.2, -0.15) is 0 Å². The van der Waals surface area contributed by atoms with E-state index in [2.05, 4.69) is 13.2 Å². The van der Waals surface area contributed by atoms with Crippen LogP contribution in [0.15, 0.2) is 73.3 Å². The van der Waals surface area contributed by atoms with Crippen molar-refractivity contribution in [3.8, 4) is 0 Å². The van der Waals surface area contributed by atoms with E-state index < -0.39 is 0 Å². The van der Waals surface area contributed by atoms with Crippen LogP contribution in [0.3, 0.4) is 0 Å². The minimum absolute atomic E-state index is 0.963. The monoisotopic (exact) mass is 218 g/mol. The molecule has 16 heavy (non-hydrogen) atoms. The van der Waals surface area contributed by atoms with Crippen molar-refractivity contribution >= 4 is 0 Å². The molecule has 0 spiro atoms. The first-order valence-electron chi connectivity index (χ1n) is 4.84. The molecule has 2 nitrogen and oxygen atoms in total. The van der Waals surface area contributed by atoms with Crippen LogP contribution in [0.5, 0.6) is 0 Å². The Labute approximate surface area is 97.6 Å². The van der Waals surface area contributed by atoms with Crippen molar-refractivity contribution in [3.05, 3.63) is 73.3 Å². The highest BCUT2D eigenvalue weighted by Gasteiger charge is 1.96. The molecule has 0 N–H and O–H groups in total. The maximum atomic E-state index is 4.89. The molecule has 0 fully saturated rings. The van der Waals surface area contributed by atoms with Crippen molar-refractivity contribution in [1.29, 1.82) is 0 Å². The Morgan fingerprint density at radius 3 is 1.44 bits per heavy atom. The lowest BCUT2D eigenvalue weighted by Gasteiger charge is -2.02. The molecule has 0 aromatic rings. The van der Waals surface area contributed by atoms with Gasteiger partial charge in [-0.1, -0.05) is 37.5 Å². The third-order valence-electron chi connectivity index (χ3n) is 1.70. The summed E-state index contributed by atoms with van der Waals surface area (Å²) < 4.78 is 9.77. The lowest BCUT2D eigenvalue weighted by atomic mass is 10.1. The van der Waals surface area contributed by atoms with Crippen LogP contribution in [0.25, 0.3) is 0 Å². The second kappa shape index (κ2) is 9.59. The molecule has 0 rings (SSSR count). The van der Waals surface area contributed by atoms with Crippen molar-refractivity contribution in [3.63, 3.8) is 0 Å². The zero-order valence-electron chi connectivity index (χ0n) is 9.85. The summed E-state index contributed by atoms with van der Waals surface area (Å²) in [5.74, 6) is 0. The summed E-state index contributed by atoms with van der Waals surface area (Å²) in [7, 11) is 3.20. The van der Waals surface area contributed by atoms with E-state index in [4.69, 9.17) is 9.47 Å². The molecule has 0 aliphatic heterocycles. The highest BCUT2D eigenvalue weighted by atomic mass is 16.5. The molecule has 0 heterocycles. The molecule has 86 valence electrons. The van der Waals surface area contributed by atoms with E-state index >= 15 is 0 Å². The molecular formula is C14H18O2. The Kier molecular flexibility index (Phi) is 8.41. The van der Waals surface area contributed by atoms with E-state index in [1.807, 2.05) is 24.3 Å². The average molecular weight is 218 g/mol. The number of methoxy groups -OCH3 is 2. The fourth-order valence-corrected chi connectivity index (χ4v) is 1.03. The zero-order valence-corrected chi connectivity index (χ0v) is 9.85. The standard InChI is InChI=1S/C14H18O2/c1-5-7-13(9-11-15-3)14(8-6-2)10-12-16-4/h5-12H,1-2H2,3-4H3/b11-9-,12-10-,13-7+,14-8?. The van der Waals surface area contributed by atoms with Gasteiger partial charge in [0.05, 0.1) is 26.7 Å². The van der Waals surface area contributed by atoms with Crippen LogP contribution in [0, 0.1) is 0 Å². The van der Waals surface area contributed by atoms with Crippen LogP contribution < -0.4 is 0 Å². The third-order valence-corrected chi connectivity index (χ3v) is 1.70. The Morgan fingerprint density at radius 2 is 1.19 bits per heavy atom. The normalized spacial score (nSPS) is 13.1. The van der Waals surface area contributed by atoms with E-state index in [1.165, 1.54) is 0 Å². The smallest absolute Gasteiger partial charge is 0.0830 e. The molecule has 0 atom stereocenters. The Bertz CT molecular complexity index is 297. The van der Waals surface area contributed by atoms with Gasteiger partial charge in [0.2, 0.25) is 0 Å². The van der Waals surface area contributed by atoms with Crippen molar-refractivity contribution < 1.29 is 9.47 Å². The van der Waals surface area contributed by atoms with Gasteiger partial charge in [-0.3, -0.25) is 0 Å². The largest absolute Gasteiger partial charge is 0.504 e. The number of ether oxygens (including phenoxy) is 2. The molecule has 0 saturated carbocycles. The minimum atomic E-state index is 0.963. The summed E-state index contributed by atoms with van der Waals surface area (Å²) in [5.41, 5.74) is 1.93.